The summed E-state index contributed by atoms with van der Waals surface area (Å²) in [4.78, 5) is 4.37. The summed E-state index contributed by atoms with van der Waals surface area (Å²) >= 11 is 0. The van der Waals surface area contributed by atoms with E-state index in [0.717, 1.165) is 17.7 Å². The number of hydrogen-bond acceptors (Lipinski definition) is 5. The number of hydrogen-bond donors (Lipinski definition) is 2. The van der Waals surface area contributed by atoms with Crippen LogP contribution in [0.4, 0.5) is 0 Å². The number of ether oxygens (including phenoxy) is 2. The number of benzene rings is 2. The smallest absolute Gasteiger partial charge is 0.220 e. The second-order valence-corrected chi connectivity index (χ2v) is 6.63. The molecule has 0 aliphatic rings. The van der Waals surface area contributed by atoms with Crippen LogP contribution < -0.4 is 20.5 Å². The van der Waals surface area contributed by atoms with Gasteiger partial charge in [0.1, 0.15) is 6.61 Å². The Morgan fingerprint density at radius 2 is 1.86 bits per heavy atom. The fourth-order valence-electron chi connectivity index (χ4n) is 3.23. The van der Waals surface area contributed by atoms with Gasteiger partial charge in [0.15, 0.2) is 0 Å². The van der Waals surface area contributed by atoms with Crippen molar-refractivity contribution in [3.05, 3.63) is 76.9 Å². The van der Waals surface area contributed by atoms with E-state index in [1.807, 2.05) is 19.2 Å². The number of aromatic nitrogens is 1. The summed E-state index contributed by atoms with van der Waals surface area (Å²) in [5, 5.41) is 3.23. The van der Waals surface area contributed by atoms with Gasteiger partial charge in [-0.3, -0.25) is 0 Å². The predicted octanol–water partition coefficient (Wildman–Crippen LogP) is 3.82. The summed E-state index contributed by atoms with van der Waals surface area (Å²) in [7, 11) is 3.55. The maximum Gasteiger partial charge on any atom is 0.220 e. The molecule has 0 unspecified atom stereocenters. The summed E-state index contributed by atoms with van der Waals surface area (Å²) in [6.07, 6.45) is 0. The fourth-order valence-corrected chi connectivity index (χ4v) is 3.23. The molecule has 2 aromatic carbocycles. The van der Waals surface area contributed by atoms with Gasteiger partial charge in [-0.15, -0.1) is 0 Å². The van der Waals surface area contributed by atoms with E-state index in [1.165, 1.54) is 22.3 Å². The third-order valence-corrected chi connectivity index (χ3v) is 4.76. The molecule has 0 fully saturated rings. The van der Waals surface area contributed by atoms with Crippen LogP contribution in [0.2, 0.25) is 0 Å². The van der Waals surface area contributed by atoms with Gasteiger partial charge in [0.25, 0.3) is 0 Å². The van der Waals surface area contributed by atoms with E-state index in [0.29, 0.717) is 24.9 Å². The quantitative estimate of drug-likeness (QED) is 0.624. The highest BCUT2D eigenvalue weighted by atomic mass is 16.5. The number of nitrogens with two attached hydrogens (primary N) is 1. The van der Waals surface area contributed by atoms with Gasteiger partial charge in [0, 0.05) is 24.7 Å². The molecule has 3 aromatic rings. The van der Waals surface area contributed by atoms with Crippen LogP contribution in [0.5, 0.6) is 11.8 Å². The van der Waals surface area contributed by atoms with E-state index >= 15 is 0 Å². The van der Waals surface area contributed by atoms with Crippen LogP contribution in [0.25, 0.3) is 11.1 Å². The number of methoxy groups -OCH3 is 1. The number of rotatable bonds is 8. The molecule has 0 bridgehead atoms. The monoisotopic (exact) mass is 377 g/mol. The number of pyridine rings is 1. The Morgan fingerprint density at radius 3 is 2.61 bits per heavy atom. The molecule has 0 amide bonds. The lowest BCUT2D eigenvalue weighted by atomic mass is 9.95. The van der Waals surface area contributed by atoms with Crippen molar-refractivity contribution < 1.29 is 9.47 Å². The number of nitrogens with zero attached hydrogens (tertiary/aromatic N) is 1. The highest BCUT2D eigenvalue weighted by Gasteiger charge is 2.08. The third kappa shape index (κ3) is 4.50. The Hall–Kier alpha value is -2.89. The van der Waals surface area contributed by atoms with Crippen LogP contribution in [0.3, 0.4) is 0 Å². The minimum absolute atomic E-state index is 0.379. The van der Waals surface area contributed by atoms with E-state index < -0.39 is 0 Å². The van der Waals surface area contributed by atoms with Crippen LogP contribution in [0.15, 0.2) is 54.6 Å². The van der Waals surface area contributed by atoms with E-state index in [-0.39, 0.29) is 0 Å². The van der Waals surface area contributed by atoms with Crippen molar-refractivity contribution in [2.45, 2.75) is 26.6 Å². The number of nitrogens with one attached hydrogen (secondary N) is 1. The Balaban J connectivity index is 1.78. The van der Waals surface area contributed by atoms with Crippen molar-refractivity contribution in [2.75, 3.05) is 14.2 Å². The molecule has 5 nitrogen and oxygen atoms in total. The molecule has 3 rings (SSSR count). The zero-order valence-corrected chi connectivity index (χ0v) is 16.7. The molecule has 0 spiro atoms. The molecule has 3 N–H and O–H groups in total. The first-order chi connectivity index (χ1) is 13.7. The largest absolute Gasteiger partial charge is 0.481 e. The van der Waals surface area contributed by atoms with Gasteiger partial charge in [-0.1, -0.05) is 36.4 Å². The summed E-state index contributed by atoms with van der Waals surface area (Å²) in [5.41, 5.74) is 12.6. The van der Waals surface area contributed by atoms with Gasteiger partial charge in [-0.2, -0.15) is 4.98 Å². The molecule has 0 radical (unpaired) electrons. The molecule has 0 aliphatic carbocycles. The van der Waals surface area contributed by atoms with Crippen molar-refractivity contribution >= 4 is 0 Å². The standard InChI is InChI=1S/C23H27N3O2/c1-16-20(14-25-2)8-5-9-21(16)18-7-4-6-17(12-18)15-28-22-11-10-19(13-24)23(26-22)27-3/h4-12,25H,13-15,24H2,1-3H3. The zero-order valence-electron chi connectivity index (χ0n) is 16.7. The molecule has 0 saturated heterocycles. The van der Waals surface area contributed by atoms with Gasteiger partial charge >= 0.3 is 0 Å². The zero-order chi connectivity index (χ0) is 19.9. The summed E-state index contributed by atoms with van der Waals surface area (Å²) in [6, 6.07) is 18.5. The molecular formula is C23H27N3O2. The second kappa shape index (κ2) is 9.35. The molecule has 0 saturated carbocycles. The molecular weight excluding hydrogens is 350 g/mol. The molecule has 28 heavy (non-hydrogen) atoms. The Kier molecular flexibility index (Phi) is 6.63. The molecule has 146 valence electrons. The lowest BCUT2D eigenvalue weighted by Gasteiger charge is -2.13. The Labute approximate surface area is 166 Å². The van der Waals surface area contributed by atoms with Crippen LogP contribution in [-0.4, -0.2) is 19.1 Å². The van der Waals surface area contributed by atoms with E-state index in [1.54, 1.807) is 7.11 Å². The summed E-state index contributed by atoms with van der Waals surface area (Å²) < 4.78 is 11.1. The first-order valence-electron chi connectivity index (χ1n) is 9.35. The topological polar surface area (TPSA) is 69.4 Å². The summed E-state index contributed by atoms with van der Waals surface area (Å²) in [6.45, 7) is 3.83. The van der Waals surface area contributed by atoms with Crippen molar-refractivity contribution in [3.8, 4) is 22.9 Å². The predicted molar refractivity (Wildman–Crippen MR) is 112 cm³/mol. The van der Waals surface area contributed by atoms with Crippen molar-refractivity contribution in [1.29, 1.82) is 0 Å². The fraction of sp³-hybridized carbons (Fsp3) is 0.261. The first-order valence-corrected chi connectivity index (χ1v) is 9.35. The first kappa shape index (κ1) is 19.9. The van der Waals surface area contributed by atoms with E-state index in [2.05, 4.69) is 59.7 Å². The van der Waals surface area contributed by atoms with E-state index in [4.69, 9.17) is 15.2 Å². The minimum Gasteiger partial charge on any atom is -0.481 e. The SMILES string of the molecule is CNCc1cccc(-c2cccc(COc3ccc(CN)c(OC)n3)c2)c1C. The van der Waals surface area contributed by atoms with Gasteiger partial charge < -0.3 is 20.5 Å². The highest BCUT2D eigenvalue weighted by Crippen LogP contribution is 2.27. The summed E-state index contributed by atoms with van der Waals surface area (Å²) in [5.74, 6) is 1.03. The maximum atomic E-state index is 5.88. The third-order valence-electron chi connectivity index (χ3n) is 4.76. The molecule has 1 aromatic heterocycles. The molecule has 5 heteroatoms. The van der Waals surface area contributed by atoms with Crippen molar-refractivity contribution in [3.63, 3.8) is 0 Å². The van der Waals surface area contributed by atoms with Gasteiger partial charge in [-0.05, 0) is 53.9 Å². The van der Waals surface area contributed by atoms with Crippen molar-refractivity contribution in [1.82, 2.24) is 10.3 Å². The second-order valence-electron chi connectivity index (χ2n) is 6.63. The lowest BCUT2D eigenvalue weighted by Crippen LogP contribution is -2.07. The van der Waals surface area contributed by atoms with E-state index in [9.17, 15) is 0 Å². The Bertz CT molecular complexity index is 941. The Morgan fingerprint density at radius 1 is 1.04 bits per heavy atom. The van der Waals surface area contributed by atoms with Crippen LogP contribution in [0, 0.1) is 6.92 Å². The molecule has 0 atom stereocenters. The average molecular weight is 377 g/mol. The van der Waals surface area contributed by atoms with Gasteiger partial charge in [0.05, 0.1) is 7.11 Å². The maximum absolute atomic E-state index is 5.88. The van der Waals surface area contributed by atoms with Crippen LogP contribution in [-0.2, 0) is 19.7 Å². The lowest BCUT2D eigenvalue weighted by molar-refractivity contribution is 0.286. The molecule has 0 aliphatic heterocycles. The highest BCUT2D eigenvalue weighted by molar-refractivity contribution is 5.69. The van der Waals surface area contributed by atoms with Crippen LogP contribution >= 0.6 is 0 Å². The van der Waals surface area contributed by atoms with Crippen LogP contribution in [0.1, 0.15) is 22.3 Å². The minimum atomic E-state index is 0.379. The average Bonchev–Trinajstić information content (AvgIpc) is 2.74. The van der Waals surface area contributed by atoms with Gasteiger partial charge in [-0.25, -0.2) is 0 Å². The van der Waals surface area contributed by atoms with Crippen molar-refractivity contribution in [2.24, 2.45) is 5.73 Å². The normalized spacial score (nSPS) is 10.7. The van der Waals surface area contributed by atoms with Gasteiger partial charge in [0.2, 0.25) is 11.8 Å². The molecule has 1 heterocycles.